The number of pyridine rings is 1. The molecule has 0 saturated heterocycles. The summed E-state index contributed by atoms with van der Waals surface area (Å²) >= 11 is 12.4. The van der Waals surface area contributed by atoms with E-state index in [2.05, 4.69) is 37.1 Å². The lowest BCUT2D eigenvalue weighted by atomic mass is 10.1. The average Bonchev–Trinajstić information content (AvgIpc) is 2.34. The van der Waals surface area contributed by atoms with Gasteiger partial charge >= 0.3 is 0 Å². The van der Waals surface area contributed by atoms with Gasteiger partial charge in [-0.3, -0.25) is 4.98 Å². The number of rotatable bonds is 4. The van der Waals surface area contributed by atoms with Crippen LogP contribution in [0.1, 0.15) is 26.5 Å². The minimum absolute atomic E-state index is 0.531. The highest BCUT2D eigenvalue weighted by Gasteiger charge is 2.11. The Morgan fingerprint density at radius 2 is 2.00 bits per heavy atom. The van der Waals surface area contributed by atoms with Gasteiger partial charge in [0.15, 0.2) is 0 Å². The number of nitrogens with zero attached hydrogens (tertiary/aromatic N) is 1. The molecule has 4 heteroatoms. The van der Waals surface area contributed by atoms with Gasteiger partial charge in [0.05, 0.1) is 15.6 Å². The van der Waals surface area contributed by atoms with Crippen molar-refractivity contribution in [1.29, 1.82) is 0 Å². The molecular formula is C15H18Cl2N2. The predicted molar refractivity (Wildman–Crippen MR) is 84.5 cm³/mol. The van der Waals surface area contributed by atoms with Crippen molar-refractivity contribution in [2.24, 2.45) is 5.92 Å². The molecule has 0 fully saturated rings. The molecule has 1 aromatic carbocycles. The highest BCUT2D eigenvalue weighted by Crippen LogP contribution is 2.33. The van der Waals surface area contributed by atoms with Crippen LogP contribution in [0.25, 0.3) is 10.9 Å². The van der Waals surface area contributed by atoms with Crippen LogP contribution in [0.4, 0.5) is 5.69 Å². The van der Waals surface area contributed by atoms with Gasteiger partial charge in [0.2, 0.25) is 0 Å². The predicted octanol–water partition coefficient (Wildman–Crippen LogP) is 5.17. The van der Waals surface area contributed by atoms with Crippen LogP contribution in [0.3, 0.4) is 0 Å². The Bertz CT molecular complexity index is 594. The molecule has 0 unspecified atom stereocenters. The van der Waals surface area contributed by atoms with Crippen LogP contribution in [-0.2, 0) is 6.42 Å². The van der Waals surface area contributed by atoms with Crippen LogP contribution in [0, 0.1) is 5.92 Å². The topological polar surface area (TPSA) is 24.9 Å². The number of anilines is 1. The van der Waals surface area contributed by atoms with E-state index in [4.69, 9.17) is 23.2 Å². The fourth-order valence-electron chi connectivity index (χ4n) is 2.15. The molecule has 102 valence electrons. The molecule has 0 radical (unpaired) electrons. The molecule has 0 bridgehead atoms. The Kier molecular flexibility index (Phi) is 4.54. The van der Waals surface area contributed by atoms with Gasteiger partial charge in [-0.2, -0.15) is 0 Å². The number of hydrogen-bond donors (Lipinski definition) is 1. The van der Waals surface area contributed by atoms with Crippen LogP contribution in [-0.4, -0.2) is 11.5 Å². The number of hydrogen-bond acceptors (Lipinski definition) is 2. The Morgan fingerprint density at radius 3 is 2.63 bits per heavy atom. The second-order valence-corrected chi connectivity index (χ2v) is 5.83. The molecular weight excluding hydrogens is 279 g/mol. The summed E-state index contributed by atoms with van der Waals surface area (Å²) in [4.78, 5) is 4.66. The van der Waals surface area contributed by atoms with Crippen molar-refractivity contribution >= 4 is 39.8 Å². The third kappa shape index (κ3) is 3.13. The summed E-state index contributed by atoms with van der Waals surface area (Å²) in [5.74, 6) is 0.553. The number of nitrogens with one attached hydrogen (secondary N) is 1. The molecule has 1 N–H and O–H groups in total. The molecule has 1 heterocycles. The van der Waals surface area contributed by atoms with Crippen LogP contribution in [0.2, 0.25) is 10.0 Å². The van der Waals surface area contributed by atoms with Crippen molar-refractivity contribution < 1.29 is 0 Å². The number of aromatic nitrogens is 1. The molecule has 0 atom stereocenters. The summed E-state index contributed by atoms with van der Waals surface area (Å²) in [6, 6.07) is 5.89. The van der Waals surface area contributed by atoms with Crippen LogP contribution in [0.15, 0.2) is 18.2 Å². The first-order chi connectivity index (χ1) is 9.02. The summed E-state index contributed by atoms with van der Waals surface area (Å²) in [6.45, 7) is 7.29. The Labute approximate surface area is 124 Å². The Balaban J connectivity index is 2.65. The maximum atomic E-state index is 6.28. The van der Waals surface area contributed by atoms with Crippen LogP contribution in [0.5, 0.6) is 0 Å². The lowest BCUT2D eigenvalue weighted by Crippen LogP contribution is -2.03. The maximum Gasteiger partial charge on any atom is 0.0927 e. The molecule has 2 aromatic rings. The highest BCUT2D eigenvalue weighted by atomic mass is 35.5. The quantitative estimate of drug-likeness (QED) is 0.842. The summed E-state index contributed by atoms with van der Waals surface area (Å²) in [5, 5.41) is 5.46. The molecule has 19 heavy (non-hydrogen) atoms. The maximum absolute atomic E-state index is 6.28. The summed E-state index contributed by atoms with van der Waals surface area (Å²) in [6.07, 6.45) is 0.928. The molecule has 0 spiro atoms. The van der Waals surface area contributed by atoms with Crippen LogP contribution < -0.4 is 5.32 Å². The lowest BCUT2D eigenvalue weighted by Gasteiger charge is -2.13. The minimum atomic E-state index is 0.531. The van der Waals surface area contributed by atoms with E-state index in [1.807, 2.05) is 12.1 Å². The molecule has 0 aliphatic carbocycles. The van der Waals surface area contributed by atoms with E-state index in [9.17, 15) is 0 Å². The third-order valence-electron chi connectivity index (χ3n) is 2.91. The summed E-state index contributed by atoms with van der Waals surface area (Å²) in [7, 11) is 0. The van der Waals surface area contributed by atoms with Gasteiger partial charge in [0.1, 0.15) is 0 Å². The summed E-state index contributed by atoms with van der Waals surface area (Å²) < 4.78 is 0. The molecule has 0 aliphatic heterocycles. The zero-order valence-electron chi connectivity index (χ0n) is 11.4. The van der Waals surface area contributed by atoms with E-state index in [0.717, 1.165) is 35.2 Å². The Morgan fingerprint density at radius 1 is 1.26 bits per heavy atom. The van der Waals surface area contributed by atoms with Gasteiger partial charge in [0.25, 0.3) is 0 Å². The highest BCUT2D eigenvalue weighted by molar-refractivity contribution is 6.45. The minimum Gasteiger partial charge on any atom is -0.385 e. The summed E-state index contributed by atoms with van der Waals surface area (Å²) in [5.41, 5.74) is 2.90. The normalized spacial score (nSPS) is 11.3. The smallest absolute Gasteiger partial charge is 0.0927 e. The Hall–Kier alpha value is -0.990. The zero-order valence-corrected chi connectivity index (χ0v) is 12.9. The standard InChI is InChI=1S/C15H18Cl2N2/c1-4-18-13-8-10(7-9(2)3)19-15-11(13)5-6-12(16)14(15)17/h5-6,8-9H,4,7H2,1-3H3,(H,18,19). The molecule has 0 amide bonds. The van der Waals surface area contributed by atoms with E-state index in [1.54, 1.807) is 0 Å². The average molecular weight is 297 g/mol. The number of halogens is 2. The van der Waals surface area contributed by atoms with Gasteiger partial charge in [-0.15, -0.1) is 0 Å². The fraction of sp³-hybridized carbons (Fsp3) is 0.400. The van der Waals surface area contributed by atoms with Crippen LogP contribution >= 0.6 is 23.2 Å². The SMILES string of the molecule is CCNc1cc(CC(C)C)nc2c(Cl)c(Cl)ccc12. The van der Waals surface area contributed by atoms with Gasteiger partial charge in [-0.1, -0.05) is 37.0 Å². The zero-order chi connectivity index (χ0) is 14.0. The van der Waals surface area contributed by atoms with Crippen molar-refractivity contribution in [3.63, 3.8) is 0 Å². The first-order valence-electron chi connectivity index (χ1n) is 6.54. The van der Waals surface area contributed by atoms with E-state index < -0.39 is 0 Å². The largest absolute Gasteiger partial charge is 0.385 e. The number of fused-ring (bicyclic) bond motifs is 1. The van der Waals surface area contributed by atoms with E-state index in [1.165, 1.54) is 0 Å². The molecule has 0 saturated carbocycles. The first-order valence-corrected chi connectivity index (χ1v) is 7.30. The van der Waals surface area contributed by atoms with Crippen molar-refractivity contribution in [3.05, 3.63) is 33.9 Å². The lowest BCUT2D eigenvalue weighted by molar-refractivity contribution is 0.637. The van der Waals surface area contributed by atoms with E-state index in [-0.39, 0.29) is 0 Å². The van der Waals surface area contributed by atoms with Crippen molar-refractivity contribution in [2.75, 3.05) is 11.9 Å². The van der Waals surface area contributed by atoms with Crippen molar-refractivity contribution in [3.8, 4) is 0 Å². The fourth-order valence-corrected chi connectivity index (χ4v) is 2.51. The molecule has 2 nitrogen and oxygen atoms in total. The van der Waals surface area contributed by atoms with Crippen molar-refractivity contribution in [1.82, 2.24) is 4.98 Å². The van der Waals surface area contributed by atoms with Gasteiger partial charge in [0, 0.05) is 23.3 Å². The second kappa shape index (κ2) is 5.98. The molecule has 1 aromatic heterocycles. The number of benzene rings is 1. The van der Waals surface area contributed by atoms with Crippen molar-refractivity contribution in [2.45, 2.75) is 27.2 Å². The van der Waals surface area contributed by atoms with E-state index >= 15 is 0 Å². The third-order valence-corrected chi connectivity index (χ3v) is 3.70. The van der Waals surface area contributed by atoms with Gasteiger partial charge < -0.3 is 5.32 Å². The first kappa shape index (κ1) is 14.4. The second-order valence-electron chi connectivity index (χ2n) is 5.05. The molecule has 0 aliphatic rings. The van der Waals surface area contributed by atoms with Gasteiger partial charge in [-0.05, 0) is 37.5 Å². The monoisotopic (exact) mass is 296 g/mol. The van der Waals surface area contributed by atoms with E-state index in [0.29, 0.717) is 16.0 Å². The molecule has 2 rings (SSSR count). The van der Waals surface area contributed by atoms with Gasteiger partial charge in [-0.25, -0.2) is 0 Å².